The maximum absolute atomic E-state index is 12.4. The van der Waals surface area contributed by atoms with E-state index in [9.17, 15) is 9.90 Å². The summed E-state index contributed by atoms with van der Waals surface area (Å²) in [6.07, 6.45) is 0.290. The van der Waals surface area contributed by atoms with Gasteiger partial charge in [0.15, 0.2) is 0 Å². The summed E-state index contributed by atoms with van der Waals surface area (Å²) in [6, 6.07) is 7.40. The Morgan fingerprint density at radius 2 is 2.00 bits per heavy atom. The van der Waals surface area contributed by atoms with Gasteiger partial charge in [0.2, 0.25) is 0 Å². The summed E-state index contributed by atoms with van der Waals surface area (Å²) in [5.74, 6) is 0. The first-order chi connectivity index (χ1) is 10.2. The van der Waals surface area contributed by atoms with Crippen LogP contribution in [-0.4, -0.2) is 21.4 Å². The van der Waals surface area contributed by atoms with Gasteiger partial charge in [-0.05, 0) is 33.8 Å². The topological polar surface area (TPSA) is 51.5 Å². The Bertz CT molecular complexity index is 758. The van der Waals surface area contributed by atoms with E-state index in [4.69, 9.17) is 4.74 Å². The zero-order valence-corrected chi connectivity index (χ0v) is 13.4. The van der Waals surface area contributed by atoms with Crippen LogP contribution in [0.5, 0.6) is 0 Å². The van der Waals surface area contributed by atoms with Gasteiger partial charge in [0, 0.05) is 22.7 Å². The first kappa shape index (κ1) is 16.1. The molecule has 1 aromatic heterocycles. The number of carbonyl (C=O) groups excluding carboxylic acids is 1. The molecule has 2 aromatic rings. The average molecular weight is 299 g/mol. The molecule has 1 unspecified atom stereocenters. The third-order valence-corrected chi connectivity index (χ3v) is 3.32. The highest BCUT2D eigenvalue weighted by Crippen LogP contribution is 2.30. The molecule has 1 aromatic carbocycles. The van der Waals surface area contributed by atoms with Crippen molar-refractivity contribution in [1.82, 2.24) is 4.57 Å². The zero-order chi connectivity index (χ0) is 16.5. The minimum absolute atomic E-state index is 0.470. The van der Waals surface area contributed by atoms with Crippen LogP contribution in [0.2, 0.25) is 0 Å². The van der Waals surface area contributed by atoms with Gasteiger partial charge in [0.25, 0.3) is 0 Å². The van der Waals surface area contributed by atoms with Crippen molar-refractivity contribution in [2.45, 2.75) is 39.4 Å². The van der Waals surface area contributed by atoms with Crippen LogP contribution in [0.15, 0.2) is 48.3 Å². The van der Waals surface area contributed by atoms with Gasteiger partial charge in [0.1, 0.15) is 11.7 Å². The van der Waals surface area contributed by atoms with Crippen molar-refractivity contribution < 1.29 is 14.6 Å². The Hall–Kier alpha value is -2.29. The van der Waals surface area contributed by atoms with Gasteiger partial charge < -0.3 is 9.84 Å². The molecule has 0 aliphatic rings. The third-order valence-electron chi connectivity index (χ3n) is 3.32. The van der Waals surface area contributed by atoms with Crippen molar-refractivity contribution >= 4 is 17.0 Å². The number of rotatable bonds is 2. The number of hydrogen-bond donors (Lipinski definition) is 1. The first-order valence-corrected chi connectivity index (χ1v) is 7.12. The smallest absolute Gasteiger partial charge is 0.419 e. The van der Waals surface area contributed by atoms with Crippen LogP contribution in [0.4, 0.5) is 4.79 Å². The number of benzene rings is 1. The molecule has 4 heteroatoms. The highest BCUT2D eigenvalue weighted by molar-refractivity contribution is 5.92. The lowest BCUT2D eigenvalue weighted by molar-refractivity contribution is 0.0544. The first-order valence-electron chi connectivity index (χ1n) is 7.12. The van der Waals surface area contributed by atoms with Crippen molar-refractivity contribution in [3.8, 4) is 0 Å². The number of ether oxygens (including phenoxy) is 1. The van der Waals surface area contributed by atoms with Crippen LogP contribution in [0.1, 0.15) is 39.4 Å². The fourth-order valence-corrected chi connectivity index (χ4v) is 2.22. The second-order valence-corrected chi connectivity index (χ2v) is 6.21. The van der Waals surface area contributed by atoms with E-state index in [2.05, 4.69) is 12.3 Å². The Morgan fingerprint density at radius 3 is 2.59 bits per heavy atom. The van der Waals surface area contributed by atoms with Gasteiger partial charge in [-0.3, -0.25) is 4.57 Å². The molecule has 0 amide bonds. The molecule has 0 bridgehead atoms. The molecular formula is C18H21NO3. The standard InChI is InChI=1S/C18H21NO3/c1-6-12(2)16(20)14-11-19(17(21)22-18(3,4)5)15-10-8-7-9-13(14)15/h7-11,16,20H,1H2,2-5H3. The lowest BCUT2D eigenvalue weighted by Gasteiger charge is -2.19. The van der Waals surface area contributed by atoms with Gasteiger partial charge in [0.05, 0.1) is 5.52 Å². The number of aliphatic hydroxyl groups is 1. The molecule has 0 aliphatic heterocycles. The number of aromatic nitrogens is 1. The van der Waals surface area contributed by atoms with E-state index in [1.807, 2.05) is 45.0 Å². The maximum atomic E-state index is 12.4. The second-order valence-electron chi connectivity index (χ2n) is 6.21. The van der Waals surface area contributed by atoms with Crippen molar-refractivity contribution in [3.05, 3.63) is 53.9 Å². The predicted molar refractivity (Wildman–Crippen MR) is 86.9 cm³/mol. The fourth-order valence-electron chi connectivity index (χ4n) is 2.22. The molecule has 2 rings (SSSR count). The SMILES string of the molecule is C=C=C(C)C(O)c1cn(C(=O)OC(C)(C)C)c2ccccc12. The molecule has 1 heterocycles. The average Bonchev–Trinajstić information content (AvgIpc) is 2.83. The summed E-state index contributed by atoms with van der Waals surface area (Å²) < 4.78 is 6.85. The molecule has 0 aliphatic carbocycles. The molecule has 116 valence electrons. The number of aliphatic hydroxyl groups excluding tert-OH is 1. The molecule has 1 N–H and O–H groups in total. The van der Waals surface area contributed by atoms with E-state index in [1.54, 1.807) is 13.1 Å². The Balaban J connectivity index is 2.58. The Labute approximate surface area is 130 Å². The summed E-state index contributed by atoms with van der Waals surface area (Å²) in [7, 11) is 0. The Kier molecular flexibility index (Phi) is 4.27. The van der Waals surface area contributed by atoms with Crippen LogP contribution in [0.25, 0.3) is 10.9 Å². The van der Waals surface area contributed by atoms with Crippen LogP contribution in [-0.2, 0) is 4.74 Å². The number of nitrogens with zero attached hydrogens (tertiary/aromatic N) is 1. The molecule has 22 heavy (non-hydrogen) atoms. The quantitative estimate of drug-likeness (QED) is 0.846. The van der Waals surface area contributed by atoms with E-state index >= 15 is 0 Å². The summed E-state index contributed by atoms with van der Waals surface area (Å²) >= 11 is 0. The zero-order valence-electron chi connectivity index (χ0n) is 13.4. The molecule has 0 radical (unpaired) electrons. The minimum atomic E-state index is -0.855. The second kappa shape index (κ2) is 5.84. The lowest BCUT2D eigenvalue weighted by Crippen LogP contribution is -2.26. The van der Waals surface area contributed by atoms with E-state index in [-0.39, 0.29) is 0 Å². The highest BCUT2D eigenvalue weighted by atomic mass is 16.6. The molecule has 0 fully saturated rings. The van der Waals surface area contributed by atoms with Crippen molar-refractivity contribution in [2.75, 3.05) is 0 Å². The normalized spacial score (nSPS) is 12.8. The molecule has 0 saturated heterocycles. The van der Waals surface area contributed by atoms with Gasteiger partial charge in [-0.25, -0.2) is 4.79 Å². The summed E-state index contributed by atoms with van der Waals surface area (Å²) in [6.45, 7) is 10.8. The van der Waals surface area contributed by atoms with E-state index in [1.165, 1.54) is 4.57 Å². The number of carbonyl (C=O) groups is 1. The van der Waals surface area contributed by atoms with Crippen molar-refractivity contribution in [1.29, 1.82) is 0 Å². The third kappa shape index (κ3) is 3.14. The molecule has 4 nitrogen and oxygen atoms in total. The maximum Gasteiger partial charge on any atom is 0.419 e. The van der Waals surface area contributed by atoms with Gasteiger partial charge in [-0.2, -0.15) is 0 Å². The largest absolute Gasteiger partial charge is 0.443 e. The fraction of sp³-hybridized carbons (Fsp3) is 0.333. The van der Waals surface area contributed by atoms with Gasteiger partial charge in [-0.1, -0.05) is 24.8 Å². The Morgan fingerprint density at radius 1 is 1.36 bits per heavy atom. The molecule has 0 spiro atoms. The van der Waals surface area contributed by atoms with E-state index in [0.717, 1.165) is 5.39 Å². The number of para-hydroxylation sites is 1. The number of hydrogen-bond acceptors (Lipinski definition) is 3. The van der Waals surface area contributed by atoms with Crippen LogP contribution in [0.3, 0.4) is 0 Å². The molecule has 0 saturated carbocycles. The summed E-state index contributed by atoms with van der Waals surface area (Å²) in [5.41, 5.74) is 4.05. The molecular weight excluding hydrogens is 278 g/mol. The van der Waals surface area contributed by atoms with Crippen LogP contribution < -0.4 is 0 Å². The molecule has 1 atom stereocenters. The van der Waals surface area contributed by atoms with Crippen molar-refractivity contribution in [3.63, 3.8) is 0 Å². The van der Waals surface area contributed by atoms with E-state index in [0.29, 0.717) is 16.7 Å². The van der Waals surface area contributed by atoms with Gasteiger partial charge in [-0.15, -0.1) is 5.73 Å². The minimum Gasteiger partial charge on any atom is -0.443 e. The lowest BCUT2D eigenvalue weighted by atomic mass is 10.0. The predicted octanol–water partition coefficient (Wildman–Crippen LogP) is 4.19. The van der Waals surface area contributed by atoms with E-state index < -0.39 is 17.8 Å². The summed E-state index contributed by atoms with van der Waals surface area (Å²) in [4.78, 5) is 12.4. The highest BCUT2D eigenvalue weighted by Gasteiger charge is 2.23. The van der Waals surface area contributed by atoms with Gasteiger partial charge >= 0.3 is 6.09 Å². The van der Waals surface area contributed by atoms with Crippen LogP contribution in [0, 0.1) is 0 Å². The number of fused-ring (bicyclic) bond motifs is 1. The monoisotopic (exact) mass is 299 g/mol. The van der Waals surface area contributed by atoms with Crippen LogP contribution >= 0.6 is 0 Å². The van der Waals surface area contributed by atoms with Crippen molar-refractivity contribution in [2.24, 2.45) is 0 Å². The summed E-state index contributed by atoms with van der Waals surface area (Å²) in [5, 5.41) is 11.2.